The van der Waals surface area contributed by atoms with Crippen molar-refractivity contribution in [2.24, 2.45) is 5.92 Å². The number of hydrogen-bond acceptors (Lipinski definition) is 4. The third kappa shape index (κ3) is 4.03. The monoisotopic (exact) mass is 347 g/mol. The highest BCUT2D eigenvalue weighted by atomic mass is 32.2. The summed E-state index contributed by atoms with van der Waals surface area (Å²) in [5, 5.41) is 2.96. The maximum atomic E-state index is 12.2. The number of imidazole rings is 1. The molecule has 2 heterocycles. The van der Waals surface area contributed by atoms with Gasteiger partial charge in [-0.15, -0.1) is 0 Å². The molecule has 2 unspecified atom stereocenters. The molecule has 0 aliphatic carbocycles. The van der Waals surface area contributed by atoms with Gasteiger partial charge in [0.1, 0.15) is 0 Å². The van der Waals surface area contributed by atoms with Gasteiger partial charge in [0.05, 0.1) is 23.9 Å². The minimum absolute atomic E-state index is 0.0560. The first-order valence-corrected chi connectivity index (χ1v) is 9.83. The minimum atomic E-state index is -2.94. The Morgan fingerprint density at radius 2 is 2.29 bits per heavy atom. The second kappa shape index (κ2) is 6.76. The first-order valence-electron chi connectivity index (χ1n) is 8.01. The first kappa shape index (κ1) is 16.7. The van der Waals surface area contributed by atoms with Crippen molar-refractivity contribution >= 4 is 15.7 Å². The number of aromatic nitrogens is 2. The van der Waals surface area contributed by atoms with Crippen molar-refractivity contribution in [3.63, 3.8) is 0 Å². The summed E-state index contributed by atoms with van der Waals surface area (Å²) in [5.41, 5.74) is 1.97. The van der Waals surface area contributed by atoms with Crippen LogP contribution in [0.3, 0.4) is 0 Å². The standard InChI is InChI=1S/C17H21N3O3S/c1-13(19-17(21)9-14-5-8-24(22,23)11-14)15-3-2-4-16(10-15)20-7-6-18-12-20/h2-4,6-7,10,12-14H,5,8-9,11H2,1H3,(H,19,21). The lowest BCUT2D eigenvalue weighted by Gasteiger charge is -2.17. The minimum Gasteiger partial charge on any atom is -0.350 e. The summed E-state index contributed by atoms with van der Waals surface area (Å²) in [6, 6.07) is 7.75. The summed E-state index contributed by atoms with van der Waals surface area (Å²) in [7, 11) is -2.94. The van der Waals surface area contributed by atoms with E-state index in [1.54, 1.807) is 12.5 Å². The molecule has 2 aromatic rings. The molecule has 1 N–H and O–H groups in total. The normalized spacial score (nSPS) is 20.6. The van der Waals surface area contributed by atoms with Gasteiger partial charge < -0.3 is 9.88 Å². The molecule has 1 aliphatic heterocycles. The van der Waals surface area contributed by atoms with E-state index in [1.165, 1.54) is 0 Å². The van der Waals surface area contributed by atoms with Crippen molar-refractivity contribution in [3.05, 3.63) is 48.5 Å². The van der Waals surface area contributed by atoms with E-state index in [2.05, 4.69) is 10.3 Å². The highest BCUT2D eigenvalue weighted by Crippen LogP contribution is 2.22. The van der Waals surface area contributed by atoms with Crippen molar-refractivity contribution in [3.8, 4) is 5.69 Å². The fraction of sp³-hybridized carbons (Fsp3) is 0.412. The van der Waals surface area contributed by atoms with Crippen LogP contribution in [0.1, 0.15) is 31.4 Å². The van der Waals surface area contributed by atoms with Gasteiger partial charge in [-0.25, -0.2) is 13.4 Å². The quantitative estimate of drug-likeness (QED) is 0.895. The average Bonchev–Trinajstić information content (AvgIpc) is 3.17. The lowest BCUT2D eigenvalue weighted by atomic mass is 10.0. The number of benzene rings is 1. The maximum absolute atomic E-state index is 12.2. The third-order valence-electron chi connectivity index (χ3n) is 4.35. The Bertz CT molecular complexity index is 815. The van der Waals surface area contributed by atoms with Crippen LogP contribution in [0.2, 0.25) is 0 Å². The molecule has 0 spiro atoms. The van der Waals surface area contributed by atoms with Crippen LogP contribution in [0.15, 0.2) is 43.0 Å². The topological polar surface area (TPSA) is 81.1 Å². The SMILES string of the molecule is CC(NC(=O)CC1CCS(=O)(=O)C1)c1cccc(-n2ccnc2)c1. The van der Waals surface area contributed by atoms with E-state index in [9.17, 15) is 13.2 Å². The molecule has 7 heteroatoms. The van der Waals surface area contributed by atoms with Crippen molar-refractivity contribution in [2.75, 3.05) is 11.5 Å². The number of carbonyl (C=O) groups excluding carboxylic acids is 1. The molecular formula is C17H21N3O3S. The fourth-order valence-corrected chi connectivity index (χ4v) is 4.91. The summed E-state index contributed by atoms with van der Waals surface area (Å²) in [4.78, 5) is 16.2. The molecule has 1 fully saturated rings. The second-order valence-corrected chi connectivity index (χ2v) is 8.56. The van der Waals surface area contributed by atoms with Crippen LogP contribution in [-0.2, 0) is 14.6 Å². The van der Waals surface area contributed by atoms with Crippen LogP contribution < -0.4 is 5.32 Å². The second-order valence-electron chi connectivity index (χ2n) is 6.33. The predicted octanol–water partition coefficient (Wildman–Crippen LogP) is 1.87. The van der Waals surface area contributed by atoms with Crippen LogP contribution in [0, 0.1) is 5.92 Å². The van der Waals surface area contributed by atoms with Gasteiger partial charge >= 0.3 is 0 Å². The number of amides is 1. The lowest BCUT2D eigenvalue weighted by molar-refractivity contribution is -0.122. The number of nitrogens with zero attached hydrogens (tertiary/aromatic N) is 2. The van der Waals surface area contributed by atoms with Gasteiger partial charge in [-0.05, 0) is 37.0 Å². The predicted molar refractivity (Wildman–Crippen MR) is 91.5 cm³/mol. The Balaban J connectivity index is 1.61. The molecule has 6 nitrogen and oxygen atoms in total. The number of nitrogens with one attached hydrogen (secondary N) is 1. The van der Waals surface area contributed by atoms with Crippen LogP contribution in [0.5, 0.6) is 0 Å². The number of carbonyl (C=O) groups is 1. The van der Waals surface area contributed by atoms with Gasteiger partial charge in [0.2, 0.25) is 5.91 Å². The van der Waals surface area contributed by atoms with E-state index in [1.807, 2.05) is 42.0 Å². The zero-order valence-corrected chi connectivity index (χ0v) is 14.4. The third-order valence-corrected chi connectivity index (χ3v) is 6.19. The zero-order chi connectivity index (χ0) is 17.2. The van der Waals surface area contributed by atoms with E-state index in [0.29, 0.717) is 6.42 Å². The van der Waals surface area contributed by atoms with E-state index in [4.69, 9.17) is 0 Å². The molecule has 1 aromatic heterocycles. The molecule has 0 bridgehead atoms. The van der Waals surface area contributed by atoms with E-state index >= 15 is 0 Å². The first-order chi connectivity index (χ1) is 11.4. The van der Waals surface area contributed by atoms with Crippen molar-refractivity contribution < 1.29 is 13.2 Å². The van der Waals surface area contributed by atoms with Crippen LogP contribution in [0.25, 0.3) is 5.69 Å². The average molecular weight is 347 g/mol. The number of hydrogen-bond donors (Lipinski definition) is 1. The summed E-state index contributed by atoms with van der Waals surface area (Å²) in [5.74, 6) is 0.176. The van der Waals surface area contributed by atoms with Crippen LogP contribution >= 0.6 is 0 Å². The van der Waals surface area contributed by atoms with Crippen LogP contribution in [0.4, 0.5) is 0 Å². The fourth-order valence-electron chi connectivity index (χ4n) is 3.05. The van der Waals surface area contributed by atoms with Gasteiger partial charge in [0.25, 0.3) is 0 Å². The summed E-state index contributed by atoms with van der Waals surface area (Å²) in [6.07, 6.45) is 6.16. The molecule has 0 radical (unpaired) electrons. The number of sulfone groups is 1. The highest BCUT2D eigenvalue weighted by Gasteiger charge is 2.29. The van der Waals surface area contributed by atoms with Gasteiger partial charge in [0.15, 0.2) is 9.84 Å². The summed E-state index contributed by atoms with van der Waals surface area (Å²) in [6.45, 7) is 1.93. The zero-order valence-electron chi connectivity index (χ0n) is 13.6. The highest BCUT2D eigenvalue weighted by molar-refractivity contribution is 7.91. The molecule has 24 heavy (non-hydrogen) atoms. The number of rotatable bonds is 5. The molecule has 1 amide bonds. The Labute approximate surface area is 141 Å². The maximum Gasteiger partial charge on any atom is 0.220 e. The van der Waals surface area contributed by atoms with Gasteiger partial charge in [-0.2, -0.15) is 0 Å². The molecule has 1 aliphatic rings. The summed E-state index contributed by atoms with van der Waals surface area (Å²) < 4.78 is 24.9. The molecule has 1 aromatic carbocycles. The molecule has 128 valence electrons. The lowest BCUT2D eigenvalue weighted by Crippen LogP contribution is -2.28. The smallest absolute Gasteiger partial charge is 0.220 e. The molecular weight excluding hydrogens is 326 g/mol. The van der Waals surface area contributed by atoms with Gasteiger partial charge in [0, 0.05) is 24.5 Å². The molecule has 0 saturated carbocycles. The Hall–Kier alpha value is -2.15. The molecule has 1 saturated heterocycles. The van der Waals surface area contributed by atoms with Crippen molar-refractivity contribution in [1.82, 2.24) is 14.9 Å². The van der Waals surface area contributed by atoms with E-state index in [-0.39, 0.29) is 35.8 Å². The van der Waals surface area contributed by atoms with Crippen molar-refractivity contribution in [1.29, 1.82) is 0 Å². The van der Waals surface area contributed by atoms with Crippen LogP contribution in [-0.4, -0.2) is 35.4 Å². The molecule has 2 atom stereocenters. The van der Waals surface area contributed by atoms with E-state index in [0.717, 1.165) is 11.3 Å². The van der Waals surface area contributed by atoms with Crippen molar-refractivity contribution in [2.45, 2.75) is 25.8 Å². The largest absolute Gasteiger partial charge is 0.350 e. The molecule has 3 rings (SSSR count). The van der Waals surface area contributed by atoms with E-state index < -0.39 is 9.84 Å². The van der Waals surface area contributed by atoms with Gasteiger partial charge in [-0.3, -0.25) is 4.79 Å². The summed E-state index contributed by atoms with van der Waals surface area (Å²) >= 11 is 0. The Morgan fingerprint density at radius 1 is 1.46 bits per heavy atom. The van der Waals surface area contributed by atoms with Gasteiger partial charge in [-0.1, -0.05) is 12.1 Å². The Kier molecular flexibility index (Phi) is 4.71. The Morgan fingerprint density at radius 3 is 2.96 bits per heavy atom.